The van der Waals surface area contributed by atoms with E-state index >= 15 is 0 Å². The molecule has 0 bridgehead atoms. The number of hydrogen-bond donors (Lipinski definition) is 1. The lowest BCUT2D eigenvalue weighted by Gasteiger charge is -2.32. The van der Waals surface area contributed by atoms with Gasteiger partial charge >= 0.3 is 0 Å². The van der Waals surface area contributed by atoms with Crippen molar-refractivity contribution >= 4 is 23.1 Å². The van der Waals surface area contributed by atoms with Crippen LogP contribution >= 0.6 is 11.3 Å². The van der Waals surface area contributed by atoms with Gasteiger partial charge in [0, 0.05) is 32.1 Å². The number of aromatic nitrogens is 2. The zero-order valence-electron chi connectivity index (χ0n) is 17.2. The van der Waals surface area contributed by atoms with Crippen molar-refractivity contribution in [3.05, 3.63) is 29.6 Å². The number of anilines is 1. The van der Waals surface area contributed by atoms with E-state index in [1.165, 1.54) is 25.9 Å². The first-order valence-corrected chi connectivity index (χ1v) is 11.7. The molecule has 0 saturated carbocycles. The van der Waals surface area contributed by atoms with Gasteiger partial charge < -0.3 is 15.1 Å². The Labute approximate surface area is 177 Å². The largest absolute Gasteiger partial charge is 0.355 e. The Morgan fingerprint density at radius 1 is 1.10 bits per heavy atom. The summed E-state index contributed by atoms with van der Waals surface area (Å²) in [6, 6.07) is 8.17. The number of hydrogen-bond acceptors (Lipinski definition) is 6. The lowest BCUT2D eigenvalue weighted by atomic mass is 9.96. The first kappa shape index (κ1) is 20.3. The van der Waals surface area contributed by atoms with Gasteiger partial charge in [0.1, 0.15) is 5.69 Å². The molecule has 0 spiro atoms. The van der Waals surface area contributed by atoms with E-state index in [4.69, 9.17) is 0 Å². The third-order valence-corrected chi connectivity index (χ3v) is 7.11. The molecular weight excluding hydrogens is 382 g/mol. The van der Waals surface area contributed by atoms with Crippen molar-refractivity contribution in [1.29, 1.82) is 0 Å². The van der Waals surface area contributed by atoms with Crippen molar-refractivity contribution < 1.29 is 4.79 Å². The zero-order chi connectivity index (χ0) is 20.1. The first-order valence-electron chi connectivity index (χ1n) is 10.8. The Morgan fingerprint density at radius 3 is 2.55 bits per heavy atom. The van der Waals surface area contributed by atoms with Gasteiger partial charge in [-0.15, -0.1) is 21.5 Å². The number of likely N-dealkylation sites (tertiary alicyclic amines) is 1. The van der Waals surface area contributed by atoms with E-state index in [9.17, 15) is 4.79 Å². The van der Waals surface area contributed by atoms with E-state index in [2.05, 4.69) is 38.3 Å². The smallest absolute Gasteiger partial charge is 0.223 e. The summed E-state index contributed by atoms with van der Waals surface area (Å²) < 4.78 is 0. The van der Waals surface area contributed by atoms with Crippen molar-refractivity contribution in [3.8, 4) is 10.6 Å². The molecule has 0 radical (unpaired) electrons. The maximum Gasteiger partial charge on any atom is 0.223 e. The summed E-state index contributed by atoms with van der Waals surface area (Å²) in [4.78, 5) is 18.4. The topological polar surface area (TPSA) is 61.4 Å². The van der Waals surface area contributed by atoms with Crippen LogP contribution in [-0.4, -0.2) is 60.3 Å². The highest BCUT2D eigenvalue weighted by molar-refractivity contribution is 7.13. The molecule has 0 aliphatic carbocycles. The quantitative estimate of drug-likeness (QED) is 0.788. The number of carbonyl (C=O) groups is 1. The Balaban J connectivity index is 1.19. The maximum absolute atomic E-state index is 12.5. The SMILES string of the molecule is CC1CCN(CCNC(=O)C2CCN(c3ccc(-c4cccs4)nn3)CC2)CC1. The van der Waals surface area contributed by atoms with E-state index in [1.807, 2.05) is 23.6 Å². The minimum Gasteiger partial charge on any atom is -0.355 e. The summed E-state index contributed by atoms with van der Waals surface area (Å²) in [6.07, 6.45) is 4.32. The summed E-state index contributed by atoms with van der Waals surface area (Å²) in [5, 5.41) is 14.0. The van der Waals surface area contributed by atoms with Crippen molar-refractivity contribution in [2.75, 3.05) is 44.2 Å². The van der Waals surface area contributed by atoms with Gasteiger partial charge in [-0.25, -0.2) is 0 Å². The van der Waals surface area contributed by atoms with Crippen molar-refractivity contribution in [2.24, 2.45) is 11.8 Å². The number of amides is 1. The van der Waals surface area contributed by atoms with Crippen LogP contribution < -0.4 is 10.2 Å². The number of carbonyl (C=O) groups excluding carboxylic acids is 1. The number of thiophene rings is 1. The average Bonchev–Trinajstić information content (AvgIpc) is 3.30. The second-order valence-electron chi connectivity index (χ2n) is 8.33. The highest BCUT2D eigenvalue weighted by atomic mass is 32.1. The van der Waals surface area contributed by atoms with Gasteiger partial charge in [0.05, 0.1) is 4.88 Å². The zero-order valence-corrected chi connectivity index (χ0v) is 18.0. The molecule has 6 nitrogen and oxygen atoms in total. The van der Waals surface area contributed by atoms with Crippen LogP contribution in [0.3, 0.4) is 0 Å². The number of piperidine rings is 2. The Kier molecular flexibility index (Phi) is 6.77. The second-order valence-corrected chi connectivity index (χ2v) is 9.28. The Hall–Kier alpha value is -1.99. The predicted octanol–water partition coefficient (Wildman–Crippen LogP) is 3.27. The molecule has 7 heteroatoms. The summed E-state index contributed by atoms with van der Waals surface area (Å²) in [6.45, 7) is 8.12. The van der Waals surface area contributed by atoms with Gasteiger partial charge in [-0.2, -0.15) is 0 Å². The van der Waals surface area contributed by atoms with Crippen molar-refractivity contribution in [1.82, 2.24) is 20.4 Å². The van der Waals surface area contributed by atoms with Crippen LogP contribution in [0.4, 0.5) is 5.82 Å². The predicted molar refractivity (Wildman–Crippen MR) is 118 cm³/mol. The minimum absolute atomic E-state index is 0.117. The van der Waals surface area contributed by atoms with Crippen molar-refractivity contribution in [2.45, 2.75) is 32.6 Å². The van der Waals surface area contributed by atoms with Gasteiger partial charge in [-0.3, -0.25) is 4.79 Å². The van der Waals surface area contributed by atoms with E-state index in [0.717, 1.165) is 61.3 Å². The van der Waals surface area contributed by atoms with E-state index < -0.39 is 0 Å². The van der Waals surface area contributed by atoms with Crippen LogP contribution in [-0.2, 0) is 4.79 Å². The number of rotatable bonds is 6. The maximum atomic E-state index is 12.5. The van der Waals surface area contributed by atoms with Gasteiger partial charge in [0.2, 0.25) is 5.91 Å². The molecular formula is C22H31N5OS. The molecule has 4 heterocycles. The third kappa shape index (κ3) is 5.34. The molecule has 2 aromatic rings. The van der Waals surface area contributed by atoms with Gasteiger partial charge in [-0.05, 0) is 68.3 Å². The summed E-state index contributed by atoms with van der Waals surface area (Å²) in [7, 11) is 0. The second kappa shape index (κ2) is 9.67. The minimum atomic E-state index is 0.117. The summed E-state index contributed by atoms with van der Waals surface area (Å²) in [5.74, 6) is 2.09. The highest BCUT2D eigenvalue weighted by Crippen LogP contribution is 2.25. The van der Waals surface area contributed by atoms with Crippen LogP contribution in [0.5, 0.6) is 0 Å². The molecule has 29 heavy (non-hydrogen) atoms. The lowest BCUT2D eigenvalue weighted by molar-refractivity contribution is -0.125. The molecule has 0 atom stereocenters. The molecule has 2 aliphatic heterocycles. The fraction of sp³-hybridized carbons (Fsp3) is 0.591. The monoisotopic (exact) mass is 413 g/mol. The molecule has 1 amide bonds. The fourth-order valence-electron chi connectivity index (χ4n) is 4.19. The molecule has 2 aromatic heterocycles. The molecule has 1 N–H and O–H groups in total. The normalized spacial score (nSPS) is 19.4. The van der Waals surface area contributed by atoms with Crippen LogP contribution in [0, 0.1) is 11.8 Å². The number of nitrogens with one attached hydrogen (secondary N) is 1. The summed E-state index contributed by atoms with van der Waals surface area (Å²) in [5.41, 5.74) is 0.918. The van der Waals surface area contributed by atoms with E-state index in [-0.39, 0.29) is 11.8 Å². The molecule has 2 fully saturated rings. The van der Waals surface area contributed by atoms with Crippen molar-refractivity contribution in [3.63, 3.8) is 0 Å². The Morgan fingerprint density at radius 2 is 1.90 bits per heavy atom. The lowest BCUT2D eigenvalue weighted by Crippen LogP contribution is -2.43. The highest BCUT2D eigenvalue weighted by Gasteiger charge is 2.26. The average molecular weight is 414 g/mol. The van der Waals surface area contributed by atoms with E-state index in [0.29, 0.717) is 0 Å². The molecule has 4 rings (SSSR count). The number of nitrogens with zero attached hydrogens (tertiary/aromatic N) is 4. The Bertz CT molecular complexity index is 763. The molecule has 2 saturated heterocycles. The fourth-order valence-corrected chi connectivity index (χ4v) is 4.88. The van der Waals surface area contributed by atoms with Crippen LogP contribution in [0.1, 0.15) is 32.6 Å². The van der Waals surface area contributed by atoms with Crippen LogP contribution in [0.2, 0.25) is 0 Å². The van der Waals surface area contributed by atoms with Gasteiger partial charge in [-0.1, -0.05) is 13.0 Å². The molecule has 2 aliphatic rings. The van der Waals surface area contributed by atoms with Gasteiger partial charge in [0.15, 0.2) is 5.82 Å². The van der Waals surface area contributed by atoms with Crippen LogP contribution in [0.15, 0.2) is 29.6 Å². The molecule has 0 unspecified atom stereocenters. The first-order chi connectivity index (χ1) is 14.2. The molecule has 0 aromatic carbocycles. The summed E-state index contributed by atoms with van der Waals surface area (Å²) >= 11 is 1.67. The van der Waals surface area contributed by atoms with Gasteiger partial charge in [0.25, 0.3) is 0 Å². The standard InChI is InChI=1S/C22H31N5OS/c1-17-6-11-26(12-7-17)15-10-23-22(28)18-8-13-27(14-9-18)21-5-4-19(24-25-21)20-3-2-16-29-20/h2-5,16-18H,6-15H2,1H3,(H,23,28). The van der Waals surface area contributed by atoms with E-state index in [1.54, 1.807) is 11.3 Å². The molecule has 156 valence electrons. The third-order valence-electron chi connectivity index (χ3n) is 6.22. The van der Waals surface area contributed by atoms with Crippen LogP contribution in [0.25, 0.3) is 10.6 Å².